The van der Waals surface area contributed by atoms with Gasteiger partial charge in [0.1, 0.15) is 18.0 Å². The quantitative estimate of drug-likeness (QED) is 0.551. The third kappa shape index (κ3) is 4.98. The summed E-state index contributed by atoms with van der Waals surface area (Å²) in [5, 5.41) is 11.2. The number of hydrogen-bond acceptors (Lipinski definition) is 6. The van der Waals surface area contributed by atoms with E-state index in [0.29, 0.717) is 37.7 Å². The van der Waals surface area contributed by atoms with Crippen LogP contribution in [-0.2, 0) is 22.5 Å². The van der Waals surface area contributed by atoms with E-state index < -0.39 is 0 Å². The van der Waals surface area contributed by atoms with Gasteiger partial charge < -0.3 is 15.4 Å². The predicted octanol–water partition coefficient (Wildman–Crippen LogP) is 1.38. The van der Waals surface area contributed by atoms with Gasteiger partial charge in [-0.3, -0.25) is 4.79 Å². The lowest BCUT2D eigenvalue weighted by Gasteiger charge is -2.07. The van der Waals surface area contributed by atoms with Crippen molar-refractivity contribution in [2.75, 3.05) is 32.1 Å². The lowest BCUT2D eigenvalue weighted by molar-refractivity contribution is -0.120. The minimum Gasteiger partial charge on any atom is -0.383 e. The van der Waals surface area contributed by atoms with Crippen LogP contribution in [0.4, 0.5) is 10.2 Å². The number of amides is 1. The van der Waals surface area contributed by atoms with Crippen LogP contribution in [0.15, 0.2) is 36.8 Å². The Bertz CT molecular complexity index is 897. The fraction of sp³-hybridized carbons (Fsp3) is 0.333. The normalized spacial score (nSPS) is 10.9. The highest BCUT2D eigenvalue weighted by atomic mass is 19.1. The highest BCUT2D eigenvalue weighted by molar-refractivity contribution is 5.86. The second-order valence-electron chi connectivity index (χ2n) is 5.90. The Morgan fingerprint density at radius 2 is 2.04 bits per heavy atom. The van der Waals surface area contributed by atoms with E-state index in [9.17, 15) is 9.18 Å². The van der Waals surface area contributed by atoms with Gasteiger partial charge in [0, 0.05) is 20.2 Å². The molecule has 142 valence electrons. The molecule has 0 spiro atoms. The molecule has 0 bridgehead atoms. The number of benzene rings is 1. The topological polar surface area (TPSA) is 94.0 Å². The van der Waals surface area contributed by atoms with Gasteiger partial charge in [-0.1, -0.05) is 12.1 Å². The molecule has 0 saturated carbocycles. The average Bonchev–Trinajstić information content (AvgIpc) is 3.08. The van der Waals surface area contributed by atoms with Gasteiger partial charge in [0.25, 0.3) is 0 Å². The molecule has 1 aromatic carbocycles. The summed E-state index contributed by atoms with van der Waals surface area (Å²) in [5.74, 6) is 0.251. The van der Waals surface area contributed by atoms with Crippen molar-refractivity contribution in [3.05, 3.63) is 48.2 Å². The summed E-state index contributed by atoms with van der Waals surface area (Å²) in [7, 11) is 1.64. The summed E-state index contributed by atoms with van der Waals surface area (Å²) < 4.78 is 19.6. The van der Waals surface area contributed by atoms with Crippen molar-refractivity contribution in [3.8, 4) is 0 Å². The van der Waals surface area contributed by atoms with Gasteiger partial charge in [0.2, 0.25) is 5.91 Å². The first-order valence-corrected chi connectivity index (χ1v) is 8.58. The number of hydrogen-bond donors (Lipinski definition) is 2. The first-order chi connectivity index (χ1) is 13.2. The van der Waals surface area contributed by atoms with E-state index in [-0.39, 0.29) is 18.1 Å². The predicted molar refractivity (Wildman–Crippen MR) is 98.8 cm³/mol. The number of methoxy groups -OCH3 is 1. The molecule has 0 atom stereocenters. The summed E-state index contributed by atoms with van der Waals surface area (Å²) in [6, 6.07) is 5.89. The van der Waals surface area contributed by atoms with E-state index in [2.05, 4.69) is 25.7 Å². The summed E-state index contributed by atoms with van der Waals surface area (Å²) in [6.45, 7) is 2.09. The zero-order valence-corrected chi connectivity index (χ0v) is 15.0. The number of rotatable bonds is 9. The van der Waals surface area contributed by atoms with Crippen LogP contribution in [0.3, 0.4) is 0 Å². The largest absolute Gasteiger partial charge is 0.383 e. The number of halogens is 1. The Balaban J connectivity index is 1.55. The average molecular weight is 372 g/mol. The lowest BCUT2D eigenvalue weighted by Crippen LogP contribution is -2.28. The van der Waals surface area contributed by atoms with Crippen LogP contribution in [0.1, 0.15) is 5.56 Å². The smallest absolute Gasteiger partial charge is 0.224 e. The second-order valence-corrected chi connectivity index (χ2v) is 5.90. The number of fused-ring (bicyclic) bond motifs is 1. The molecule has 2 N–H and O–H groups in total. The van der Waals surface area contributed by atoms with E-state index in [4.69, 9.17) is 4.74 Å². The molecular weight excluding hydrogens is 351 g/mol. The minimum atomic E-state index is -0.317. The van der Waals surface area contributed by atoms with Crippen LogP contribution in [0.2, 0.25) is 0 Å². The van der Waals surface area contributed by atoms with Crippen LogP contribution < -0.4 is 10.6 Å². The van der Waals surface area contributed by atoms with Crippen LogP contribution in [-0.4, -0.2) is 52.5 Å². The van der Waals surface area contributed by atoms with Crippen LogP contribution >= 0.6 is 0 Å². The maximum absolute atomic E-state index is 12.9. The van der Waals surface area contributed by atoms with Crippen molar-refractivity contribution in [2.24, 2.45) is 0 Å². The summed E-state index contributed by atoms with van der Waals surface area (Å²) >= 11 is 0. The van der Waals surface area contributed by atoms with Crippen molar-refractivity contribution >= 4 is 22.8 Å². The van der Waals surface area contributed by atoms with Crippen LogP contribution in [0.25, 0.3) is 11.0 Å². The van der Waals surface area contributed by atoms with E-state index >= 15 is 0 Å². The Hall–Kier alpha value is -3.07. The molecule has 27 heavy (non-hydrogen) atoms. The zero-order valence-electron chi connectivity index (χ0n) is 15.0. The van der Waals surface area contributed by atoms with Gasteiger partial charge in [0.15, 0.2) is 5.65 Å². The van der Waals surface area contributed by atoms with Gasteiger partial charge in [-0.25, -0.2) is 19.0 Å². The summed E-state index contributed by atoms with van der Waals surface area (Å²) in [6.07, 6.45) is 3.38. The molecule has 2 heterocycles. The monoisotopic (exact) mass is 372 g/mol. The molecule has 1 amide bonds. The second kappa shape index (κ2) is 9.04. The Labute approximate surface area is 155 Å². The number of nitrogens with zero attached hydrogens (tertiary/aromatic N) is 4. The zero-order chi connectivity index (χ0) is 19.1. The molecule has 0 aliphatic rings. The number of carbonyl (C=O) groups excluding carboxylic acids is 1. The first-order valence-electron chi connectivity index (χ1n) is 8.58. The van der Waals surface area contributed by atoms with E-state index in [1.807, 2.05) is 0 Å². The van der Waals surface area contributed by atoms with Crippen molar-refractivity contribution in [1.82, 2.24) is 25.1 Å². The van der Waals surface area contributed by atoms with Gasteiger partial charge in [-0.2, -0.15) is 5.10 Å². The van der Waals surface area contributed by atoms with Gasteiger partial charge in [-0.15, -0.1) is 0 Å². The Morgan fingerprint density at radius 1 is 1.22 bits per heavy atom. The van der Waals surface area contributed by atoms with E-state index in [1.165, 1.54) is 18.5 Å². The van der Waals surface area contributed by atoms with Crippen molar-refractivity contribution in [1.29, 1.82) is 0 Å². The summed E-state index contributed by atoms with van der Waals surface area (Å²) in [4.78, 5) is 20.5. The molecular formula is C18H21FN6O2. The fourth-order valence-electron chi connectivity index (χ4n) is 2.62. The molecule has 3 rings (SSSR count). The molecule has 0 unspecified atom stereocenters. The maximum atomic E-state index is 12.9. The fourth-order valence-corrected chi connectivity index (χ4v) is 2.62. The number of anilines is 1. The van der Waals surface area contributed by atoms with Crippen molar-refractivity contribution in [2.45, 2.75) is 13.0 Å². The van der Waals surface area contributed by atoms with E-state index in [1.54, 1.807) is 30.1 Å². The highest BCUT2D eigenvalue weighted by Crippen LogP contribution is 2.18. The molecule has 3 aromatic rings. The lowest BCUT2D eigenvalue weighted by atomic mass is 10.1. The molecule has 0 saturated heterocycles. The number of aromatic nitrogens is 4. The Kier molecular flexibility index (Phi) is 6.26. The van der Waals surface area contributed by atoms with E-state index in [0.717, 1.165) is 10.9 Å². The van der Waals surface area contributed by atoms with Crippen LogP contribution in [0.5, 0.6) is 0 Å². The van der Waals surface area contributed by atoms with Crippen LogP contribution in [0, 0.1) is 5.82 Å². The third-order valence-electron chi connectivity index (χ3n) is 3.96. The molecule has 8 nitrogen and oxygen atoms in total. The molecule has 0 fully saturated rings. The van der Waals surface area contributed by atoms with Crippen molar-refractivity contribution < 1.29 is 13.9 Å². The highest BCUT2D eigenvalue weighted by Gasteiger charge is 2.10. The van der Waals surface area contributed by atoms with Gasteiger partial charge in [-0.05, 0) is 17.7 Å². The molecule has 0 aliphatic carbocycles. The first kappa shape index (κ1) is 18.7. The number of ether oxygens (including phenoxy) is 1. The number of nitrogens with one attached hydrogen (secondary N) is 2. The Morgan fingerprint density at radius 3 is 2.81 bits per heavy atom. The molecule has 0 radical (unpaired) electrons. The molecule has 9 heteroatoms. The molecule has 2 aromatic heterocycles. The number of carbonyl (C=O) groups is 1. The van der Waals surface area contributed by atoms with Gasteiger partial charge >= 0.3 is 0 Å². The standard InChI is InChI=1S/C18H21FN6O2/c1-27-9-7-21-17-15-11-24-25(18(15)23-12-22-17)8-6-20-16(26)10-13-2-4-14(19)5-3-13/h2-5,11-12H,6-10H2,1H3,(H,20,26)(H,21,22,23). The van der Waals surface area contributed by atoms with Gasteiger partial charge in [0.05, 0.1) is 31.2 Å². The molecule has 0 aliphatic heterocycles. The third-order valence-corrected chi connectivity index (χ3v) is 3.96. The SMILES string of the molecule is COCCNc1ncnc2c1cnn2CCNC(=O)Cc1ccc(F)cc1. The minimum absolute atomic E-state index is 0.130. The van der Waals surface area contributed by atoms with Crippen molar-refractivity contribution in [3.63, 3.8) is 0 Å². The summed E-state index contributed by atoms with van der Waals surface area (Å²) in [5.41, 5.74) is 1.45. The maximum Gasteiger partial charge on any atom is 0.224 e.